The Morgan fingerprint density at radius 1 is 1.25 bits per heavy atom. The highest BCUT2D eigenvalue weighted by molar-refractivity contribution is 5.83. The molecule has 2 unspecified atom stereocenters. The molecule has 1 aliphatic carbocycles. The lowest BCUT2D eigenvalue weighted by molar-refractivity contribution is -0.147. The van der Waals surface area contributed by atoms with E-state index in [2.05, 4.69) is 41.5 Å². The summed E-state index contributed by atoms with van der Waals surface area (Å²) in [7, 11) is 0. The number of amides is 1. The highest BCUT2D eigenvalue weighted by Crippen LogP contribution is 2.56. The lowest BCUT2D eigenvalue weighted by Crippen LogP contribution is -2.48. The van der Waals surface area contributed by atoms with Crippen molar-refractivity contribution in [1.82, 2.24) is 4.90 Å². The highest BCUT2D eigenvalue weighted by atomic mass is 16.2. The van der Waals surface area contributed by atoms with Crippen LogP contribution in [-0.2, 0) is 4.79 Å². The quantitative estimate of drug-likeness (QED) is 0.721. The van der Waals surface area contributed by atoms with E-state index < -0.39 is 0 Å². The standard InChI is InChI=1S/C14H27NO/c1-7-15(8-2)12(16)14(6)10-9-11(3)13(14,4)5/h11H,7-10H2,1-6H3. The molecular weight excluding hydrogens is 198 g/mol. The first-order chi connectivity index (χ1) is 7.31. The fraction of sp³-hybridized carbons (Fsp3) is 0.929. The smallest absolute Gasteiger partial charge is 0.229 e. The van der Waals surface area contributed by atoms with Gasteiger partial charge in [0.05, 0.1) is 5.41 Å². The predicted molar refractivity (Wildman–Crippen MR) is 68.2 cm³/mol. The summed E-state index contributed by atoms with van der Waals surface area (Å²) in [6, 6.07) is 0. The first kappa shape index (κ1) is 13.5. The molecule has 1 amide bonds. The minimum Gasteiger partial charge on any atom is -0.343 e. The van der Waals surface area contributed by atoms with Gasteiger partial charge in [0.1, 0.15) is 0 Å². The molecule has 1 rings (SSSR count). The maximum absolute atomic E-state index is 12.6. The van der Waals surface area contributed by atoms with Crippen LogP contribution in [0.25, 0.3) is 0 Å². The summed E-state index contributed by atoms with van der Waals surface area (Å²) >= 11 is 0. The number of hydrogen-bond acceptors (Lipinski definition) is 1. The molecule has 0 aromatic rings. The summed E-state index contributed by atoms with van der Waals surface area (Å²) in [6.45, 7) is 14.7. The Morgan fingerprint density at radius 3 is 2.06 bits per heavy atom. The van der Waals surface area contributed by atoms with Crippen molar-refractivity contribution < 1.29 is 4.79 Å². The van der Waals surface area contributed by atoms with Gasteiger partial charge >= 0.3 is 0 Å². The van der Waals surface area contributed by atoms with Crippen molar-refractivity contribution in [3.63, 3.8) is 0 Å². The topological polar surface area (TPSA) is 20.3 Å². The van der Waals surface area contributed by atoms with Crippen molar-refractivity contribution in [3.05, 3.63) is 0 Å². The second kappa shape index (κ2) is 4.38. The normalized spacial score (nSPS) is 32.8. The molecule has 2 nitrogen and oxygen atoms in total. The fourth-order valence-electron chi connectivity index (χ4n) is 2.97. The molecule has 1 saturated carbocycles. The number of hydrogen-bond donors (Lipinski definition) is 0. The van der Waals surface area contributed by atoms with Crippen LogP contribution in [0.1, 0.15) is 54.4 Å². The Morgan fingerprint density at radius 2 is 1.75 bits per heavy atom. The molecule has 0 radical (unpaired) electrons. The molecule has 2 atom stereocenters. The number of rotatable bonds is 3. The van der Waals surface area contributed by atoms with Crippen molar-refractivity contribution in [3.8, 4) is 0 Å². The van der Waals surface area contributed by atoms with Gasteiger partial charge in [0, 0.05) is 13.1 Å². The summed E-state index contributed by atoms with van der Waals surface area (Å²) < 4.78 is 0. The van der Waals surface area contributed by atoms with Crippen molar-refractivity contribution in [1.29, 1.82) is 0 Å². The molecule has 16 heavy (non-hydrogen) atoms. The van der Waals surface area contributed by atoms with Gasteiger partial charge in [-0.05, 0) is 38.0 Å². The fourth-order valence-corrected chi connectivity index (χ4v) is 2.97. The number of carbonyl (C=O) groups excluding carboxylic acids is 1. The van der Waals surface area contributed by atoms with Crippen molar-refractivity contribution >= 4 is 5.91 Å². The largest absolute Gasteiger partial charge is 0.343 e. The zero-order valence-corrected chi connectivity index (χ0v) is 11.8. The molecule has 0 saturated heterocycles. The van der Waals surface area contributed by atoms with Crippen LogP contribution in [0.15, 0.2) is 0 Å². The molecule has 0 aromatic carbocycles. The van der Waals surface area contributed by atoms with Crippen LogP contribution in [0.3, 0.4) is 0 Å². The van der Waals surface area contributed by atoms with Gasteiger partial charge in [-0.2, -0.15) is 0 Å². The van der Waals surface area contributed by atoms with Crippen LogP contribution in [0.5, 0.6) is 0 Å². The van der Waals surface area contributed by atoms with E-state index in [1.807, 2.05) is 4.90 Å². The van der Waals surface area contributed by atoms with Gasteiger partial charge < -0.3 is 4.90 Å². The van der Waals surface area contributed by atoms with Crippen LogP contribution in [-0.4, -0.2) is 23.9 Å². The molecule has 0 aromatic heterocycles. The SMILES string of the molecule is CCN(CC)C(=O)C1(C)CCC(C)C1(C)C. The van der Waals surface area contributed by atoms with Crippen LogP contribution in [0.2, 0.25) is 0 Å². The van der Waals surface area contributed by atoms with Crippen LogP contribution < -0.4 is 0 Å². The van der Waals surface area contributed by atoms with Gasteiger partial charge in [0.25, 0.3) is 0 Å². The molecular formula is C14H27NO. The van der Waals surface area contributed by atoms with Gasteiger partial charge in [-0.1, -0.05) is 27.7 Å². The minimum absolute atomic E-state index is 0.118. The molecule has 0 N–H and O–H groups in total. The van der Waals surface area contributed by atoms with E-state index >= 15 is 0 Å². The Bertz CT molecular complexity index is 268. The highest BCUT2D eigenvalue weighted by Gasteiger charge is 2.54. The Balaban J connectivity index is 2.98. The van der Waals surface area contributed by atoms with Crippen LogP contribution in [0, 0.1) is 16.7 Å². The van der Waals surface area contributed by atoms with E-state index in [-0.39, 0.29) is 10.8 Å². The maximum Gasteiger partial charge on any atom is 0.229 e. The minimum atomic E-state index is -0.168. The summed E-state index contributed by atoms with van der Waals surface area (Å²) in [6.07, 6.45) is 2.22. The second-order valence-corrected chi connectivity index (χ2v) is 5.97. The van der Waals surface area contributed by atoms with Crippen LogP contribution in [0.4, 0.5) is 0 Å². The Labute approximate surface area is 100 Å². The van der Waals surface area contributed by atoms with E-state index in [1.54, 1.807) is 0 Å². The summed E-state index contributed by atoms with van der Waals surface area (Å²) in [4.78, 5) is 14.6. The summed E-state index contributed by atoms with van der Waals surface area (Å²) in [5.74, 6) is 0.990. The van der Waals surface area contributed by atoms with Gasteiger partial charge in [-0.15, -0.1) is 0 Å². The van der Waals surface area contributed by atoms with E-state index in [4.69, 9.17) is 0 Å². The average molecular weight is 225 g/mol. The summed E-state index contributed by atoms with van der Waals surface area (Å²) in [5.41, 5.74) is -0.0505. The van der Waals surface area contributed by atoms with Gasteiger partial charge in [0.2, 0.25) is 5.91 Å². The molecule has 0 bridgehead atoms. The van der Waals surface area contributed by atoms with Gasteiger partial charge in [-0.3, -0.25) is 4.79 Å². The van der Waals surface area contributed by atoms with Crippen molar-refractivity contribution in [2.45, 2.75) is 54.4 Å². The Hall–Kier alpha value is -0.530. The number of carbonyl (C=O) groups is 1. The van der Waals surface area contributed by atoms with Crippen LogP contribution >= 0.6 is 0 Å². The first-order valence-electron chi connectivity index (χ1n) is 6.60. The van der Waals surface area contributed by atoms with Crippen molar-refractivity contribution in [2.24, 2.45) is 16.7 Å². The third kappa shape index (κ3) is 1.76. The van der Waals surface area contributed by atoms with Gasteiger partial charge in [0.15, 0.2) is 0 Å². The average Bonchev–Trinajstić information content (AvgIpc) is 2.45. The van der Waals surface area contributed by atoms with E-state index in [0.717, 1.165) is 19.5 Å². The molecule has 0 aliphatic heterocycles. The predicted octanol–water partition coefficient (Wildman–Crippen LogP) is 3.32. The molecule has 0 spiro atoms. The molecule has 2 heteroatoms. The van der Waals surface area contributed by atoms with Gasteiger partial charge in [-0.25, -0.2) is 0 Å². The maximum atomic E-state index is 12.6. The third-order valence-corrected chi connectivity index (χ3v) is 5.25. The van der Waals surface area contributed by atoms with E-state index in [0.29, 0.717) is 11.8 Å². The molecule has 1 fully saturated rings. The third-order valence-electron chi connectivity index (χ3n) is 5.25. The zero-order chi connectivity index (χ0) is 12.6. The molecule has 94 valence electrons. The molecule has 1 aliphatic rings. The second-order valence-electron chi connectivity index (χ2n) is 5.97. The monoisotopic (exact) mass is 225 g/mol. The Kier molecular flexibility index (Phi) is 3.71. The van der Waals surface area contributed by atoms with E-state index in [9.17, 15) is 4.79 Å². The zero-order valence-electron chi connectivity index (χ0n) is 11.8. The summed E-state index contributed by atoms with van der Waals surface area (Å²) in [5, 5.41) is 0. The van der Waals surface area contributed by atoms with Crippen molar-refractivity contribution in [2.75, 3.05) is 13.1 Å². The number of nitrogens with zero attached hydrogens (tertiary/aromatic N) is 1. The first-order valence-corrected chi connectivity index (χ1v) is 6.60. The lowest BCUT2D eigenvalue weighted by Gasteiger charge is -2.42. The molecule has 0 heterocycles. The lowest BCUT2D eigenvalue weighted by atomic mass is 9.65. The van der Waals surface area contributed by atoms with E-state index in [1.165, 1.54) is 6.42 Å².